The highest BCUT2D eigenvalue weighted by Gasteiger charge is 2.42. The first-order chi connectivity index (χ1) is 12.3. The van der Waals surface area contributed by atoms with E-state index in [4.69, 9.17) is 9.47 Å². The molecule has 25 heavy (non-hydrogen) atoms. The van der Waals surface area contributed by atoms with Crippen LogP contribution in [0.2, 0.25) is 0 Å². The van der Waals surface area contributed by atoms with Gasteiger partial charge in [-0.05, 0) is 55.3 Å². The van der Waals surface area contributed by atoms with Gasteiger partial charge in [-0.25, -0.2) is 0 Å². The predicted molar refractivity (Wildman–Crippen MR) is 93.7 cm³/mol. The number of fused-ring (bicyclic) bond motifs is 5. The van der Waals surface area contributed by atoms with Crippen molar-refractivity contribution < 1.29 is 14.3 Å². The molecule has 5 rings (SSSR count). The largest absolute Gasteiger partial charge is 0.454 e. The summed E-state index contributed by atoms with van der Waals surface area (Å²) in [7, 11) is 0. The molecule has 0 spiro atoms. The molecule has 4 aliphatic rings. The van der Waals surface area contributed by atoms with Gasteiger partial charge in [-0.2, -0.15) is 0 Å². The quantitative estimate of drug-likeness (QED) is 0.827. The van der Waals surface area contributed by atoms with Gasteiger partial charge in [0.05, 0.1) is 6.42 Å². The maximum absolute atomic E-state index is 12.9. The van der Waals surface area contributed by atoms with Gasteiger partial charge in [0.15, 0.2) is 11.5 Å². The van der Waals surface area contributed by atoms with Crippen LogP contribution in [0.5, 0.6) is 11.5 Å². The molecular formula is C20H26N2O3. The number of amides is 1. The Balaban J connectivity index is 1.27. The highest BCUT2D eigenvalue weighted by molar-refractivity contribution is 5.79. The number of ether oxygens (including phenoxy) is 2. The SMILES string of the molecule is O=C(Cc1ccc2c(c1)OCO2)N1C[C@@H]2C[C@H](C1)[C@@H]1CCCCN1C2. The Morgan fingerprint density at radius 3 is 3.00 bits per heavy atom. The van der Waals surface area contributed by atoms with Crippen molar-refractivity contribution in [2.24, 2.45) is 11.8 Å². The lowest BCUT2D eigenvalue weighted by atomic mass is 9.76. The summed E-state index contributed by atoms with van der Waals surface area (Å²) < 4.78 is 10.8. The third-order valence-corrected chi connectivity index (χ3v) is 6.42. The van der Waals surface area contributed by atoms with Crippen LogP contribution in [0.15, 0.2) is 18.2 Å². The highest BCUT2D eigenvalue weighted by Crippen LogP contribution is 2.38. The normalized spacial score (nSPS) is 30.9. The van der Waals surface area contributed by atoms with Crippen LogP contribution >= 0.6 is 0 Å². The standard InChI is InChI=1S/C20H26N2O3/c23-20(9-14-4-5-18-19(8-14)25-13-24-18)22-11-15-7-16(12-22)17-3-1-2-6-21(17)10-15/h4-5,8,15-17H,1-3,6-7,9-13H2/t15-,16-,17+/m1/s1. The van der Waals surface area contributed by atoms with Crippen LogP contribution in [0.1, 0.15) is 31.2 Å². The molecule has 134 valence electrons. The summed E-state index contributed by atoms with van der Waals surface area (Å²) >= 11 is 0. The average Bonchev–Trinajstić information content (AvgIpc) is 3.09. The van der Waals surface area contributed by atoms with E-state index in [9.17, 15) is 4.79 Å². The molecule has 4 heterocycles. The number of carbonyl (C=O) groups excluding carboxylic acids is 1. The number of benzene rings is 1. The molecule has 1 aromatic rings. The number of hydrogen-bond acceptors (Lipinski definition) is 4. The molecule has 0 aromatic heterocycles. The van der Waals surface area contributed by atoms with Gasteiger partial charge < -0.3 is 14.4 Å². The molecule has 2 bridgehead atoms. The van der Waals surface area contributed by atoms with E-state index >= 15 is 0 Å². The van der Waals surface area contributed by atoms with E-state index in [1.165, 1.54) is 38.8 Å². The summed E-state index contributed by atoms with van der Waals surface area (Å²) in [5, 5.41) is 0. The summed E-state index contributed by atoms with van der Waals surface area (Å²) in [6.07, 6.45) is 5.80. The monoisotopic (exact) mass is 342 g/mol. The van der Waals surface area contributed by atoms with E-state index in [2.05, 4.69) is 9.80 Å². The molecule has 3 saturated heterocycles. The number of rotatable bonds is 2. The number of hydrogen-bond donors (Lipinski definition) is 0. The number of carbonyl (C=O) groups is 1. The fourth-order valence-corrected chi connectivity index (χ4v) is 5.31. The summed E-state index contributed by atoms with van der Waals surface area (Å²) in [6.45, 7) is 4.61. The summed E-state index contributed by atoms with van der Waals surface area (Å²) in [5.41, 5.74) is 1.02. The first kappa shape index (κ1) is 15.5. The van der Waals surface area contributed by atoms with Gasteiger partial charge in [0, 0.05) is 25.7 Å². The van der Waals surface area contributed by atoms with Crippen LogP contribution < -0.4 is 9.47 Å². The third kappa shape index (κ3) is 2.88. The Kier molecular flexibility index (Phi) is 3.85. The first-order valence-corrected chi connectivity index (χ1v) is 9.66. The topological polar surface area (TPSA) is 42.0 Å². The summed E-state index contributed by atoms with van der Waals surface area (Å²) in [4.78, 5) is 17.7. The second-order valence-electron chi connectivity index (χ2n) is 8.08. The Morgan fingerprint density at radius 1 is 1.12 bits per heavy atom. The predicted octanol–water partition coefficient (Wildman–Crippen LogP) is 2.29. The third-order valence-electron chi connectivity index (χ3n) is 6.42. The van der Waals surface area contributed by atoms with Gasteiger partial charge in [0.1, 0.15) is 0 Å². The molecule has 0 N–H and O–H groups in total. The molecule has 0 radical (unpaired) electrons. The van der Waals surface area contributed by atoms with Gasteiger partial charge in [0.2, 0.25) is 12.7 Å². The van der Waals surface area contributed by atoms with Crippen molar-refractivity contribution in [3.05, 3.63) is 23.8 Å². The Labute approximate surface area is 148 Å². The van der Waals surface area contributed by atoms with E-state index in [1.807, 2.05) is 18.2 Å². The molecule has 3 fully saturated rings. The molecule has 1 amide bonds. The second kappa shape index (κ2) is 6.20. The van der Waals surface area contributed by atoms with E-state index in [-0.39, 0.29) is 12.7 Å². The average molecular weight is 342 g/mol. The Morgan fingerprint density at radius 2 is 2.04 bits per heavy atom. The second-order valence-corrected chi connectivity index (χ2v) is 8.08. The zero-order valence-electron chi connectivity index (χ0n) is 14.7. The van der Waals surface area contributed by atoms with Crippen LogP contribution in [0.3, 0.4) is 0 Å². The van der Waals surface area contributed by atoms with Gasteiger partial charge in [-0.1, -0.05) is 12.5 Å². The number of piperidine rings is 3. The van der Waals surface area contributed by atoms with Crippen molar-refractivity contribution in [3.63, 3.8) is 0 Å². The fraction of sp³-hybridized carbons (Fsp3) is 0.650. The van der Waals surface area contributed by atoms with Gasteiger partial charge in [-0.3, -0.25) is 9.69 Å². The molecule has 5 heteroatoms. The maximum atomic E-state index is 12.9. The van der Waals surface area contributed by atoms with E-state index < -0.39 is 0 Å². The lowest BCUT2D eigenvalue weighted by molar-refractivity contribution is -0.137. The number of nitrogens with zero attached hydrogens (tertiary/aromatic N) is 2. The van der Waals surface area contributed by atoms with Crippen molar-refractivity contribution in [1.82, 2.24) is 9.80 Å². The highest BCUT2D eigenvalue weighted by atomic mass is 16.7. The zero-order valence-corrected chi connectivity index (χ0v) is 14.7. The molecule has 0 aliphatic carbocycles. The fourth-order valence-electron chi connectivity index (χ4n) is 5.31. The molecule has 0 unspecified atom stereocenters. The molecule has 4 aliphatic heterocycles. The lowest BCUT2D eigenvalue weighted by Gasteiger charge is -2.52. The van der Waals surface area contributed by atoms with Crippen molar-refractivity contribution in [2.75, 3.05) is 33.0 Å². The molecule has 3 atom stereocenters. The maximum Gasteiger partial charge on any atom is 0.231 e. The van der Waals surface area contributed by atoms with Crippen molar-refractivity contribution in [1.29, 1.82) is 0 Å². The molecular weight excluding hydrogens is 316 g/mol. The van der Waals surface area contributed by atoms with E-state index in [0.29, 0.717) is 24.3 Å². The smallest absolute Gasteiger partial charge is 0.231 e. The van der Waals surface area contributed by atoms with Crippen LogP contribution in [0.25, 0.3) is 0 Å². The van der Waals surface area contributed by atoms with Crippen molar-refractivity contribution in [2.45, 2.75) is 38.1 Å². The van der Waals surface area contributed by atoms with Crippen LogP contribution in [-0.4, -0.2) is 54.7 Å². The van der Waals surface area contributed by atoms with Crippen LogP contribution in [0, 0.1) is 11.8 Å². The van der Waals surface area contributed by atoms with Crippen molar-refractivity contribution in [3.8, 4) is 11.5 Å². The zero-order chi connectivity index (χ0) is 16.8. The minimum absolute atomic E-state index is 0.262. The van der Waals surface area contributed by atoms with Gasteiger partial charge >= 0.3 is 0 Å². The Bertz CT molecular complexity index is 677. The minimum Gasteiger partial charge on any atom is -0.454 e. The van der Waals surface area contributed by atoms with E-state index in [0.717, 1.165) is 30.2 Å². The van der Waals surface area contributed by atoms with Gasteiger partial charge in [0.25, 0.3) is 0 Å². The summed E-state index contributed by atoms with van der Waals surface area (Å²) in [6, 6.07) is 6.56. The summed E-state index contributed by atoms with van der Waals surface area (Å²) in [5.74, 6) is 3.14. The Hall–Kier alpha value is -1.75. The minimum atomic E-state index is 0.262. The van der Waals surface area contributed by atoms with Gasteiger partial charge in [-0.15, -0.1) is 0 Å². The first-order valence-electron chi connectivity index (χ1n) is 9.66. The molecule has 0 saturated carbocycles. The molecule has 5 nitrogen and oxygen atoms in total. The molecule has 1 aromatic carbocycles. The lowest BCUT2D eigenvalue weighted by Crippen LogP contribution is -2.59. The van der Waals surface area contributed by atoms with Crippen molar-refractivity contribution >= 4 is 5.91 Å². The van der Waals surface area contributed by atoms with E-state index in [1.54, 1.807) is 0 Å². The number of likely N-dealkylation sites (tertiary alicyclic amines) is 1. The van der Waals surface area contributed by atoms with Crippen LogP contribution in [0.4, 0.5) is 0 Å². The van der Waals surface area contributed by atoms with Crippen LogP contribution in [-0.2, 0) is 11.2 Å².